The quantitative estimate of drug-likeness (QED) is 0.906. The summed E-state index contributed by atoms with van der Waals surface area (Å²) < 4.78 is 5.82. The maximum absolute atomic E-state index is 11.0. The maximum Gasteiger partial charge on any atom is 0.128 e. The van der Waals surface area contributed by atoms with Gasteiger partial charge in [0.25, 0.3) is 0 Å². The summed E-state index contributed by atoms with van der Waals surface area (Å²) in [4.78, 5) is 0.995. The van der Waals surface area contributed by atoms with Gasteiger partial charge in [-0.15, -0.1) is 11.3 Å². The zero-order valence-electron chi connectivity index (χ0n) is 11.3. The normalized spacial score (nSPS) is 17.4. The molecule has 2 nitrogen and oxygen atoms in total. The number of rotatable bonds is 2. The molecule has 0 radical (unpaired) electrons. The zero-order valence-corrected chi connectivity index (χ0v) is 12.1. The number of aryl methyl sites for hydroxylation is 2. The molecule has 19 heavy (non-hydrogen) atoms. The molecule has 2 aromatic rings. The Kier molecular flexibility index (Phi) is 3.11. The number of hydrogen-bond donors (Lipinski definition) is 1. The van der Waals surface area contributed by atoms with E-state index in [1.54, 1.807) is 11.3 Å². The summed E-state index contributed by atoms with van der Waals surface area (Å²) >= 11 is 1.60. The average molecular weight is 274 g/mol. The van der Waals surface area contributed by atoms with E-state index < -0.39 is 5.60 Å². The Balaban J connectivity index is 2.14. The van der Waals surface area contributed by atoms with Crippen LogP contribution in [0.25, 0.3) is 0 Å². The summed E-state index contributed by atoms with van der Waals surface area (Å²) in [5.41, 5.74) is 2.23. The van der Waals surface area contributed by atoms with E-state index in [0.29, 0.717) is 0 Å². The van der Waals surface area contributed by atoms with Crippen LogP contribution in [0.2, 0.25) is 0 Å². The molecule has 1 aliphatic heterocycles. The second-order valence-corrected chi connectivity index (χ2v) is 6.17. The van der Waals surface area contributed by atoms with Gasteiger partial charge in [-0.2, -0.15) is 0 Å². The monoisotopic (exact) mass is 274 g/mol. The molecular formula is C16H18O2S. The molecule has 1 aromatic heterocycles. The summed E-state index contributed by atoms with van der Waals surface area (Å²) in [6, 6.07) is 8.13. The van der Waals surface area contributed by atoms with E-state index in [1.807, 2.05) is 37.4 Å². The third-order valence-corrected chi connectivity index (χ3v) is 4.99. The lowest BCUT2D eigenvalue weighted by Gasteiger charge is -2.29. The van der Waals surface area contributed by atoms with Crippen molar-refractivity contribution in [1.82, 2.24) is 0 Å². The fourth-order valence-electron chi connectivity index (χ4n) is 2.77. The van der Waals surface area contributed by atoms with Crippen LogP contribution in [0.1, 0.15) is 34.9 Å². The number of benzene rings is 1. The Morgan fingerprint density at radius 3 is 2.89 bits per heavy atom. The molecule has 100 valence electrons. The summed E-state index contributed by atoms with van der Waals surface area (Å²) in [7, 11) is 0. The largest absolute Gasteiger partial charge is 0.493 e. The third kappa shape index (κ3) is 2.07. The van der Waals surface area contributed by atoms with Gasteiger partial charge in [0.05, 0.1) is 6.61 Å². The van der Waals surface area contributed by atoms with Gasteiger partial charge < -0.3 is 9.84 Å². The van der Waals surface area contributed by atoms with Crippen molar-refractivity contribution in [3.05, 3.63) is 51.2 Å². The van der Waals surface area contributed by atoms with E-state index in [9.17, 15) is 5.11 Å². The minimum absolute atomic E-state index is 0.740. The Bertz CT molecular complexity index is 599. The molecule has 1 unspecified atom stereocenters. The molecule has 3 rings (SSSR count). The lowest BCUT2D eigenvalue weighted by atomic mass is 9.88. The lowest BCUT2D eigenvalue weighted by Crippen LogP contribution is -2.25. The second kappa shape index (κ2) is 4.66. The summed E-state index contributed by atoms with van der Waals surface area (Å²) in [5, 5.41) is 13.0. The standard InChI is InChI=1S/C16H18O2S/c1-11-8-10-19-15(11)16(2,17)13-7-3-5-12-6-4-9-18-14(12)13/h3,5,7-8,10,17H,4,6,9H2,1-2H3. The van der Waals surface area contributed by atoms with Crippen molar-refractivity contribution < 1.29 is 9.84 Å². The highest BCUT2D eigenvalue weighted by Gasteiger charge is 2.33. The molecule has 0 fully saturated rings. The summed E-state index contributed by atoms with van der Waals surface area (Å²) in [6.45, 7) is 4.64. The van der Waals surface area contributed by atoms with E-state index >= 15 is 0 Å². The SMILES string of the molecule is Cc1ccsc1C(C)(O)c1cccc2c1OCCC2. The molecule has 2 heterocycles. The fourth-order valence-corrected chi connectivity index (χ4v) is 3.77. The predicted octanol–water partition coefficient (Wildman–Crippen LogP) is 3.64. The molecule has 0 spiro atoms. The highest BCUT2D eigenvalue weighted by Crippen LogP contribution is 2.41. The van der Waals surface area contributed by atoms with E-state index in [2.05, 4.69) is 6.07 Å². The Morgan fingerprint density at radius 1 is 1.32 bits per heavy atom. The topological polar surface area (TPSA) is 29.5 Å². The van der Waals surface area contributed by atoms with Crippen LogP contribution in [0.5, 0.6) is 5.75 Å². The molecule has 1 N–H and O–H groups in total. The summed E-state index contributed by atoms with van der Waals surface area (Å²) in [6.07, 6.45) is 2.08. The Labute approximate surface area is 117 Å². The highest BCUT2D eigenvalue weighted by atomic mass is 32.1. The number of thiophene rings is 1. The van der Waals surface area contributed by atoms with Crippen molar-refractivity contribution in [2.75, 3.05) is 6.61 Å². The Morgan fingerprint density at radius 2 is 2.16 bits per heavy atom. The fraction of sp³-hybridized carbons (Fsp3) is 0.375. The number of hydrogen-bond acceptors (Lipinski definition) is 3. The minimum Gasteiger partial charge on any atom is -0.493 e. The second-order valence-electron chi connectivity index (χ2n) is 5.25. The van der Waals surface area contributed by atoms with Crippen molar-refractivity contribution in [2.45, 2.75) is 32.3 Å². The van der Waals surface area contributed by atoms with Crippen molar-refractivity contribution in [1.29, 1.82) is 0 Å². The number of fused-ring (bicyclic) bond motifs is 1. The van der Waals surface area contributed by atoms with Gasteiger partial charge in [0.2, 0.25) is 0 Å². The zero-order chi connectivity index (χ0) is 13.5. The number of para-hydroxylation sites is 1. The smallest absolute Gasteiger partial charge is 0.128 e. The van der Waals surface area contributed by atoms with Gasteiger partial charge in [0.15, 0.2) is 0 Å². The molecule has 1 aliphatic rings. The molecule has 0 saturated heterocycles. The van der Waals surface area contributed by atoms with Gasteiger partial charge in [-0.05, 0) is 49.3 Å². The van der Waals surface area contributed by atoms with Crippen LogP contribution in [-0.4, -0.2) is 11.7 Å². The lowest BCUT2D eigenvalue weighted by molar-refractivity contribution is 0.1000. The predicted molar refractivity (Wildman–Crippen MR) is 78.0 cm³/mol. The molecule has 0 aliphatic carbocycles. The van der Waals surface area contributed by atoms with Crippen molar-refractivity contribution >= 4 is 11.3 Å². The third-order valence-electron chi connectivity index (χ3n) is 3.76. The minimum atomic E-state index is -0.985. The van der Waals surface area contributed by atoms with Gasteiger partial charge in [-0.1, -0.05) is 18.2 Å². The van der Waals surface area contributed by atoms with Crippen molar-refractivity contribution in [3.63, 3.8) is 0 Å². The number of ether oxygens (including phenoxy) is 1. The first-order valence-electron chi connectivity index (χ1n) is 6.63. The van der Waals surface area contributed by atoms with E-state index in [0.717, 1.165) is 41.2 Å². The highest BCUT2D eigenvalue weighted by molar-refractivity contribution is 7.10. The van der Waals surface area contributed by atoms with Crippen molar-refractivity contribution in [3.8, 4) is 5.75 Å². The van der Waals surface area contributed by atoms with Crippen molar-refractivity contribution in [2.24, 2.45) is 0 Å². The average Bonchev–Trinajstić information content (AvgIpc) is 2.85. The molecule has 0 amide bonds. The molecular weight excluding hydrogens is 256 g/mol. The molecule has 1 atom stereocenters. The van der Waals surface area contributed by atoms with E-state index in [1.165, 1.54) is 5.56 Å². The molecule has 1 aromatic carbocycles. The Hall–Kier alpha value is -1.32. The molecule has 3 heteroatoms. The van der Waals surface area contributed by atoms with E-state index in [4.69, 9.17) is 4.74 Å². The first kappa shape index (κ1) is 12.7. The van der Waals surface area contributed by atoms with Crippen LogP contribution < -0.4 is 4.74 Å². The van der Waals surface area contributed by atoms with Crippen LogP contribution in [0.15, 0.2) is 29.6 Å². The van der Waals surface area contributed by atoms with Crippen LogP contribution in [0.3, 0.4) is 0 Å². The van der Waals surface area contributed by atoms with Crippen LogP contribution in [0.4, 0.5) is 0 Å². The van der Waals surface area contributed by atoms with Crippen LogP contribution in [-0.2, 0) is 12.0 Å². The maximum atomic E-state index is 11.0. The van der Waals surface area contributed by atoms with Crippen LogP contribution >= 0.6 is 11.3 Å². The van der Waals surface area contributed by atoms with Gasteiger partial charge in [0, 0.05) is 10.4 Å². The molecule has 0 bridgehead atoms. The molecule has 0 saturated carbocycles. The van der Waals surface area contributed by atoms with Gasteiger partial charge in [-0.25, -0.2) is 0 Å². The first-order valence-corrected chi connectivity index (χ1v) is 7.51. The van der Waals surface area contributed by atoms with E-state index in [-0.39, 0.29) is 0 Å². The van der Waals surface area contributed by atoms with Gasteiger partial charge >= 0.3 is 0 Å². The van der Waals surface area contributed by atoms with Gasteiger partial charge in [-0.3, -0.25) is 0 Å². The first-order chi connectivity index (χ1) is 9.10. The van der Waals surface area contributed by atoms with Crippen LogP contribution in [0, 0.1) is 6.92 Å². The number of aliphatic hydroxyl groups is 1. The summed E-state index contributed by atoms with van der Waals surface area (Å²) in [5.74, 6) is 0.881. The van der Waals surface area contributed by atoms with Gasteiger partial charge in [0.1, 0.15) is 11.4 Å².